The predicted octanol–water partition coefficient (Wildman–Crippen LogP) is 1.70. The fraction of sp³-hybridized carbons (Fsp3) is 0.417. The Morgan fingerprint density at radius 2 is 2.29 bits per heavy atom. The molecule has 0 aromatic heterocycles. The van der Waals surface area contributed by atoms with Gasteiger partial charge in [-0.3, -0.25) is 0 Å². The van der Waals surface area contributed by atoms with Gasteiger partial charge in [0.25, 0.3) is 0 Å². The van der Waals surface area contributed by atoms with E-state index >= 15 is 0 Å². The number of nitrogens with zero attached hydrogens (tertiary/aromatic N) is 1. The zero-order valence-corrected chi connectivity index (χ0v) is 8.79. The number of hydrogen-bond donors (Lipinski definition) is 0. The molecule has 0 aliphatic carbocycles. The summed E-state index contributed by atoms with van der Waals surface area (Å²) in [6.07, 6.45) is 3.30. The number of benzene rings is 1. The summed E-state index contributed by atoms with van der Waals surface area (Å²) in [5.74, 6) is 0.990. The maximum Gasteiger partial charge on any atom is 0.170 e. The van der Waals surface area contributed by atoms with Crippen LogP contribution in [0.4, 0.5) is 0 Å². The highest BCUT2D eigenvalue weighted by Crippen LogP contribution is 2.19. The van der Waals surface area contributed by atoms with Crippen molar-refractivity contribution in [2.75, 3.05) is 20.2 Å². The summed E-state index contributed by atoms with van der Waals surface area (Å²) < 4.78 is 7.70. The predicted molar refractivity (Wildman–Crippen MR) is 57.5 cm³/mol. The van der Waals surface area contributed by atoms with Crippen molar-refractivity contribution >= 4 is 6.21 Å². The average Bonchev–Trinajstić information content (AvgIpc) is 2.19. The highest BCUT2D eigenvalue weighted by molar-refractivity contribution is 5.79. The lowest BCUT2D eigenvalue weighted by Crippen LogP contribution is -2.18. The monoisotopic (exact) mass is 190 g/mol. The van der Waals surface area contributed by atoms with Crippen LogP contribution in [0.1, 0.15) is 18.1 Å². The SMILES string of the molecule is CCOc1ccc2c(c1)CC[N+](C)=C2. The molecule has 2 heteroatoms. The summed E-state index contributed by atoms with van der Waals surface area (Å²) >= 11 is 0. The van der Waals surface area contributed by atoms with Gasteiger partial charge in [-0.15, -0.1) is 0 Å². The van der Waals surface area contributed by atoms with E-state index in [0.29, 0.717) is 0 Å². The fourth-order valence-corrected chi connectivity index (χ4v) is 1.78. The van der Waals surface area contributed by atoms with Crippen LogP contribution in [0.15, 0.2) is 18.2 Å². The summed E-state index contributed by atoms with van der Waals surface area (Å²) in [5, 5.41) is 0. The van der Waals surface area contributed by atoms with Gasteiger partial charge in [0, 0.05) is 12.0 Å². The first-order valence-corrected chi connectivity index (χ1v) is 5.10. The van der Waals surface area contributed by atoms with Crippen molar-refractivity contribution in [1.29, 1.82) is 0 Å². The molecule has 0 fully saturated rings. The lowest BCUT2D eigenvalue weighted by molar-refractivity contribution is -0.493. The van der Waals surface area contributed by atoms with Crippen LogP contribution in [0.25, 0.3) is 0 Å². The van der Waals surface area contributed by atoms with Crippen LogP contribution in [0.3, 0.4) is 0 Å². The van der Waals surface area contributed by atoms with Gasteiger partial charge in [0.2, 0.25) is 0 Å². The summed E-state index contributed by atoms with van der Waals surface area (Å²) in [5.41, 5.74) is 2.72. The molecule has 1 aliphatic heterocycles. The first-order chi connectivity index (χ1) is 6.79. The molecule has 0 radical (unpaired) electrons. The minimum Gasteiger partial charge on any atom is -0.494 e. The van der Waals surface area contributed by atoms with Crippen molar-refractivity contribution in [3.63, 3.8) is 0 Å². The molecule has 0 bridgehead atoms. The number of rotatable bonds is 2. The molecule has 1 aromatic carbocycles. The second-order valence-corrected chi connectivity index (χ2v) is 3.65. The molecule has 1 heterocycles. The van der Waals surface area contributed by atoms with E-state index in [1.165, 1.54) is 11.1 Å². The molecule has 0 N–H and O–H groups in total. The Morgan fingerprint density at radius 1 is 1.43 bits per heavy atom. The van der Waals surface area contributed by atoms with Crippen LogP contribution >= 0.6 is 0 Å². The maximum absolute atomic E-state index is 5.47. The fourth-order valence-electron chi connectivity index (χ4n) is 1.78. The van der Waals surface area contributed by atoms with Gasteiger partial charge in [0.1, 0.15) is 19.3 Å². The third-order valence-electron chi connectivity index (χ3n) is 2.52. The van der Waals surface area contributed by atoms with Crippen molar-refractivity contribution in [2.45, 2.75) is 13.3 Å². The Kier molecular flexibility index (Phi) is 2.53. The van der Waals surface area contributed by atoms with E-state index in [1.54, 1.807) is 0 Å². The van der Waals surface area contributed by atoms with Crippen LogP contribution in [0, 0.1) is 0 Å². The van der Waals surface area contributed by atoms with Crippen LogP contribution < -0.4 is 4.74 Å². The summed E-state index contributed by atoms with van der Waals surface area (Å²) in [6.45, 7) is 3.85. The summed E-state index contributed by atoms with van der Waals surface area (Å²) in [7, 11) is 2.11. The van der Waals surface area contributed by atoms with Gasteiger partial charge >= 0.3 is 0 Å². The van der Waals surface area contributed by atoms with Crippen LogP contribution in [0.5, 0.6) is 5.75 Å². The summed E-state index contributed by atoms with van der Waals surface area (Å²) in [6, 6.07) is 6.33. The Morgan fingerprint density at radius 3 is 3.07 bits per heavy atom. The molecule has 0 atom stereocenters. The number of likely N-dealkylation sites (N-methyl/N-ethyl adjacent to an activating group) is 1. The van der Waals surface area contributed by atoms with Gasteiger partial charge in [0.05, 0.1) is 6.61 Å². The third kappa shape index (κ3) is 1.79. The number of fused-ring (bicyclic) bond motifs is 1. The number of ether oxygens (including phenoxy) is 1. The zero-order valence-electron chi connectivity index (χ0n) is 8.79. The molecule has 0 unspecified atom stereocenters. The number of hydrogen-bond acceptors (Lipinski definition) is 1. The van der Waals surface area contributed by atoms with Gasteiger partial charge in [-0.25, -0.2) is 4.58 Å². The van der Waals surface area contributed by atoms with E-state index in [-0.39, 0.29) is 0 Å². The molecular formula is C12H16NO+. The second-order valence-electron chi connectivity index (χ2n) is 3.65. The van der Waals surface area contributed by atoms with E-state index in [2.05, 4.69) is 30.0 Å². The molecule has 74 valence electrons. The Balaban J connectivity index is 2.32. The molecule has 1 aliphatic rings. The van der Waals surface area contributed by atoms with Crippen molar-refractivity contribution in [3.8, 4) is 5.75 Å². The quantitative estimate of drug-likeness (QED) is 0.647. The minimum atomic E-state index is 0.738. The third-order valence-corrected chi connectivity index (χ3v) is 2.52. The molecule has 0 spiro atoms. The Hall–Kier alpha value is -1.31. The molecule has 0 amide bonds. The highest BCUT2D eigenvalue weighted by atomic mass is 16.5. The second kappa shape index (κ2) is 3.82. The van der Waals surface area contributed by atoms with Gasteiger partial charge in [-0.2, -0.15) is 0 Å². The Bertz CT molecular complexity index is 369. The standard InChI is InChI=1S/C12H16NO/c1-3-14-12-5-4-11-9-13(2)7-6-10(11)8-12/h4-5,8-9H,3,6-7H2,1-2H3/q+1. The molecule has 0 saturated carbocycles. The van der Waals surface area contributed by atoms with Crippen LogP contribution in [-0.2, 0) is 6.42 Å². The molecule has 1 aromatic rings. The van der Waals surface area contributed by atoms with Crippen LogP contribution in [-0.4, -0.2) is 31.0 Å². The molecule has 2 rings (SSSR count). The smallest absolute Gasteiger partial charge is 0.170 e. The first kappa shape index (κ1) is 9.25. The van der Waals surface area contributed by atoms with Crippen molar-refractivity contribution < 1.29 is 9.31 Å². The van der Waals surface area contributed by atoms with Crippen molar-refractivity contribution in [1.82, 2.24) is 0 Å². The lowest BCUT2D eigenvalue weighted by atomic mass is 10.0. The van der Waals surface area contributed by atoms with E-state index < -0.39 is 0 Å². The minimum absolute atomic E-state index is 0.738. The normalized spacial score (nSPS) is 14.6. The Labute approximate surface area is 84.8 Å². The molecular weight excluding hydrogens is 174 g/mol. The molecule has 2 nitrogen and oxygen atoms in total. The van der Waals surface area contributed by atoms with Crippen molar-refractivity contribution in [3.05, 3.63) is 29.3 Å². The maximum atomic E-state index is 5.47. The van der Waals surface area contributed by atoms with E-state index in [0.717, 1.165) is 25.3 Å². The summed E-state index contributed by atoms with van der Waals surface area (Å²) in [4.78, 5) is 0. The topological polar surface area (TPSA) is 12.2 Å². The average molecular weight is 190 g/mol. The largest absolute Gasteiger partial charge is 0.494 e. The van der Waals surface area contributed by atoms with Gasteiger partial charge in [-0.1, -0.05) is 0 Å². The van der Waals surface area contributed by atoms with E-state index in [1.807, 2.05) is 13.0 Å². The molecule has 14 heavy (non-hydrogen) atoms. The zero-order chi connectivity index (χ0) is 9.97. The van der Waals surface area contributed by atoms with Gasteiger partial charge in [-0.05, 0) is 30.7 Å². The molecule has 0 saturated heterocycles. The highest BCUT2D eigenvalue weighted by Gasteiger charge is 2.12. The van der Waals surface area contributed by atoms with Crippen molar-refractivity contribution in [2.24, 2.45) is 0 Å². The van der Waals surface area contributed by atoms with E-state index in [4.69, 9.17) is 4.74 Å². The van der Waals surface area contributed by atoms with Gasteiger partial charge in [0.15, 0.2) is 6.21 Å². The lowest BCUT2D eigenvalue weighted by Gasteiger charge is -2.11. The van der Waals surface area contributed by atoms with Gasteiger partial charge < -0.3 is 4.74 Å². The van der Waals surface area contributed by atoms with E-state index in [9.17, 15) is 0 Å². The van der Waals surface area contributed by atoms with Crippen LogP contribution in [0.2, 0.25) is 0 Å². The first-order valence-electron chi connectivity index (χ1n) is 5.10.